The summed E-state index contributed by atoms with van der Waals surface area (Å²) in [6.45, 7) is 11.8. The lowest BCUT2D eigenvalue weighted by molar-refractivity contribution is -0.0159. The van der Waals surface area contributed by atoms with E-state index >= 15 is 0 Å². The molecule has 2 aliphatic heterocycles. The number of nitrogens with one attached hydrogen (secondary N) is 1. The van der Waals surface area contributed by atoms with E-state index in [1.165, 1.54) is 0 Å². The Bertz CT molecular complexity index is 584. The van der Waals surface area contributed by atoms with Gasteiger partial charge in [-0.15, -0.1) is 0 Å². The molecule has 6 heteroatoms. The van der Waals surface area contributed by atoms with Gasteiger partial charge in [0.25, 0.3) is 5.91 Å². The highest BCUT2D eigenvalue weighted by Gasteiger charge is 2.24. The lowest BCUT2D eigenvalue weighted by atomic mass is 9.99. The molecule has 26 heavy (non-hydrogen) atoms. The minimum atomic E-state index is 0.103. The number of rotatable bonds is 5. The quantitative estimate of drug-likeness (QED) is 0.874. The number of morpholine rings is 1. The first-order chi connectivity index (χ1) is 12.5. The molecule has 6 nitrogen and oxygen atoms in total. The summed E-state index contributed by atoms with van der Waals surface area (Å²) in [5.41, 5.74) is 0.681. The first-order valence-corrected chi connectivity index (χ1v) is 9.87. The lowest BCUT2D eigenvalue weighted by Gasteiger charge is -2.37. The normalized spacial score (nSPS) is 23.7. The zero-order valence-corrected chi connectivity index (χ0v) is 16.3. The Kier molecular flexibility index (Phi) is 6.48. The third-order valence-corrected chi connectivity index (χ3v) is 5.65. The van der Waals surface area contributed by atoms with Gasteiger partial charge >= 0.3 is 0 Å². The van der Waals surface area contributed by atoms with Crippen molar-refractivity contribution in [1.82, 2.24) is 14.8 Å². The van der Waals surface area contributed by atoms with E-state index in [9.17, 15) is 4.79 Å². The molecular weight excluding hydrogens is 328 g/mol. The van der Waals surface area contributed by atoms with Gasteiger partial charge in [-0.2, -0.15) is 0 Å². The van der Waals surface area contributed by atoms with Gasteiger partial charge in [-0.25, -0.2) is 4.98 Å². The van der Waals surface area contributed by atoms with E-state index in [2.05, 4.69) is 36.0 Å². The summed E-state index contributed by atoms with van der Waals surface area (Å²) in [7, 11) is 0. The molecule has 1 aromatic heterocycles. The molecule has 2 atom stereocenters. The zero-order valence-electron chi connectivity index (χ0n) is 16.3. The van der Waals surface area contributed by atoms with Crippen LogP contribution >= 0.6 is 0 Å². The maximum absolute atomic E-state index is 12.6. The molecule has 0 aromatic carbocycles. The van der Waals surface area contributed by atoms with Gasteiger partial charge < -0.3 is 15.0 Å². The van der Waals surface area contributed by atoms with Crippen molar-refractivity contribution < 1.29 is 9.53 Å². The second-order valence-electron chi connectivity index (χ2n) is 7.80. The van der Waals surface area contributed by atoms with Crippen LogP contribution in [0.5, 0.6) is 0 Å². The number of likely N-dealkylation sites (tertiary alicyclic amines) is 1. The number of nitrogens with zero attached hydrogens (tertiary/aromatic N) is 3. The number of hydrogen-bond donors (Lipinski definition) is 1. The van der Waals surface area contributed by atoms with Gasteiger partial charge in [-0.05, 0) is 44.7 Å². The van der Waals surface area contributed by atoms with Crippen molar-refractivity contribution in [1.29, 1.82) is 0 Å². The predicted molar refractivity (Wildman–Crippen MR) is 103 cm³/mol. The van der Waals surface area contributed by atoms with Gasteiger partial charge in [-0.1, -0.05) is 6.92 Å². The molecule has 3 heterocycles. The minimum Gasteiger partial charge on any atom is -0.379 e. The molecule has 0 bridgehead atoms. The third-order valence-electron chi connectivity index (χ3n) is 5.65. The van der Waals surface area contributed by atoms with Crippen LogP contribution in [0.4, 0.5) is 5.82 Å². The molecule has 144 valence electrons. The van der Waals surface area contributed by atoms with Crippen LogP contribution in [0.2, 0.25) is 0 Å². The molecule has 0 spiro atoms. The van der Waals surface area contributed by atoms with E-state index in [1.54, 1.807) is 6.20 Å². The number of hydrogen-bond acceptors (Lipinski definition) is 5. The van der Waals surface area contributed by atoms with Crippen LogP contribution in [0.3, 0.4) is 0 Å². The van der Waals surface area contributed by atoms with E-state index in [4.69, 9.17) is 4.74 Å². The number of carbonyl (C=O) groups excluding carboxylic acids is 1. The molecular formula is C20H32N4O2. The highest BCUT2D eigenvalue weighted by molar-refractivity contribution is 5.94. The van der Waals surface area contributed by atoms with Crippen molar-refractivity contribution in [3.63, 3.8) is 0 Å². The second-order valence-corrected chi connectivity index (χ2v) is 7.80. The Morgan fingerprint density at radius 3 is 2.73 bits per heavy atom. The number of pyridine rings is 1. The second kappa shape index (κ2) is 8.82. The first kappa shape index (κ1) is 19.1. The zero-order chi connectivity index (χ0) is 18.5. The fourth-order valence-corrected chi connectivity index (χ4v) is 3.78. The SMILES string of the molecule is CC1CCN(C(=O)c2ccc(NCC(C)N3CCOCC3C)nc2)CC1. The Labute approximate surface area is 156 Å². The summed E-state index contributed by atoms with van der Waals surface area (Å²) in [4.78, 5) is 21.4. The largest absolute Gasteiger partial charge is 0.379 e. The van der Waals surface area contributed by atoms with E-state index in [0.29, 0.717) is 17.6 Å². The smallest absolute Gasteiger partial charge is 0.255 e. The standard InChI is InChI=1S/C20H32N4O2/c1-15-6-8-23(9-7-15)20(25)18-4-5-19(22-13-18)21-12-16(2)24-10-11-26-14-17(24)3/h4-5,13,15-17H,6-12,14H2,1-3H3,(H,21,22). The van der Waals surface area contributed by atoms with Crippen LogP contribution in [0.25, 0.3) is 0 Å². The molecule has 3 rings (SSSR count). The molecule has 0 saturated carbocycles. The van der Waals surface area contributed by atoms with Gasteiger partial charge in [0.15, 0.2) is 0 Å². The minimum absolute atomic E-state index is 0.103. The maximum atomic E-state index is 12.6. The van der Waals surface area contributed by atoms with E-state index in [1.807, 2.05) is 17.0 Å². The number of amides is 1. The van der Waals surface area contributed by atoms with E-state index in [0.717, 1.165) is 64.0 Å². The predicted octanol–water partition coefficient (Wildman–Crippen LogP) is 2.47. The van der Waals surface area contributed by atoms with Crippen LogP contribution in [0.15, 0.2) is 18.3 Å². The fourth-order valence-electron chi connectivity index (χ4n) is 3.78. The Morgan fingerprint density at radius 2 is 2.08 bits per heavy atom. The molecule has 2 fully saturated rings. The molecule has 2 unspecified atom stereocenters. The van der Waals surface area contributed by atoms with Crippen molar-refractivity contribution in [3.05, 3.63) is 23.9 Å². The molecule has 2 saturated heterocycles. The number of piperidine rings is 1. The molecule has 2 aliphatic rings. The van der Waals surface area contributed by atoms with Crippen LogP contribution in [0, 0.1) is 5.92 Å². The van der Waals surface area contributed by atoms with Gasteiger partial charge in [0.1, 0.15) is 5.82 Å². The maximum Gasteiger partial charge on any atom is 0.255 e. The van der Waals surface area contributed by atoms with Crippen LogP contribution in [0.1, 0.15) is 44.0 Å². The lowest BCUT2D eigenvalue weighted by Crippen LogP contribution is -2.50. The molecule has 1 amide bonds. The molecule has 1 aromatic rings. The fraction of sp³-hybridized carbons (Fsp3) is 0.700. The van der Waals surface area contributed by atoms with Gasteiger partial charge in [0.05, 0.1) is 18.8 Å². The van der Waals surface area contributed by atoms with E-state index < -0.39 is 0 Å². The Balaban J connectivity index is 1.50. The van der Waals surface area contributed by atoms with Gasteiger partial charge in [-0.3, -0.25) is 9.69 Å². The molecule has 0 aliphatic carbocycles. The monoisotopic (exact) mass is 360 g/mol. The van der Waals surface area contributed by atoms with E-state index in [-0.39, 0.29) is 5.91 Å². The summed E-state index contributed by atoms with van der Waals surface area (Å²) in [5.74, 6) is 1.65. The summed E-state index contributed by atoms with van der Waals surface area (Å²) >= 11 is 0. The van der Waals surface area contributed by atoms with Crippen LogP contribution in [-0.2, 0) is 4.74 Å². The molecule has 0 radical (unpaired) electrons. The Hall–Kier alpha value is -1.66. The third kappa shape index (κ3) is 4.74. The van der Waals surface area contributed by atoms with Crippen molar-refractivity contribution in [2.24, 2.45) is 5.92 Å². The summed E-state index contributed by atoms with van der Waals surface area (Å²) in [5, 5.41) is 3.40. The number of carbonyl (C=O) groups is 1. The number of ether oxygens (including phenoxy) is 1. The highest BCUT2D eigenvalue weighted by atomic mass is 16.5. The Morgan fingerprint density at radius 1 is 1.31 bits per heavy atom. The summed E-state index contributed by atoms with van der Waals surface area (Å²) < 4.78 is 5.51. The topological polar surface area (TPSA) is 57.7 Å². The van der Waals surface area contributed by atoms with Crippen molar-refractivity contribution in [2.45, 2.75) is 45.7 Å². The van der Waals surface area contributed by atoms with Gasteiger partial charge in [0, 0.05) is 44.5 Å². The molecule has 1 N–H and O–H groups in total. The summed E-state index contributed by atoms with van der Waals surface area (Å²) in [6, 6.07) is 4.65. The first-order valence-electron chi connectivity index (χ1n) is 9.87. The number of anilines is 1. The van der Waals surface area contributed by atoms with Crippen LogP contribution in [-0.4, -0.2) is 72.2 Å². The van der Waals surface area contributed by atoms with Crippen molar-refractivity contribution in [3.8, 4) is 0 Å². The van der Waals surface area contributed by atoms with Crippen LogP contribution < -0.4 is 5.32 Å². The average molecular weight is 361 g/mol. The number of aromatic nitrogens is 1. The highest BCUT2D eigenvalue weighted by Crippen LogP contribution is 2.18. The average Bonchev–Trinajstić information content (AvgIpc) is 2.67. The summed E-state index contributed by atoms with van der Waals surface area (Å²) in [6.07, 6.45) is 3.89. The van der Waals surface area contributed by atoms with Crippen molar-refractivity contribution >= 4 is 11.7 Å². The van der Waals surface area contributed by atoms with Gasteiger partial charge in [0.2, 0.25) is 0 Å². The van der Waals surface area contributed by atoms with Crippen molar-refractivity contribution in [2.75, 3.05) is 44.7 Å².